The largest absolute Gasteiger partial charge is 0.468 e. The summed E-state index contributed by atoms with van der Waals surface area (Å²) >= 11 is 0. The van der Waals surface area contributed by atoms with E-state index < -0.39 is 11.8 Å². The van der Waals surface area contributed by atoms with E-state index in [0.29, 0.717) is 0 Å². The molecular formula is C21H27FN4O3. The maximum absolute atomic E-state index is 13.2. The predicted molar refractivity (Wildman–Crippen MR) is 108 cm³/mol. The van der Waals surface area contributed by atoms with Gasteiger partial charge in [0.2, 0.25) is 0 Å². The van der Waals surface area contributed by atoms with Crippen LogP contribution >= 0.6 is 0 Å². The Kier molecular flexibility index (Phi) is 6.87. The van der Waals surface area contributed by atoms with Gasteiger partial charge in [0.15, 0.2) is 0 Å². The minimum atomic E-state index is -0.653. The summed E-state index contributed by atoms with van der Waals surface area (Å²) in [5, 5.41) is 5.30. The number of anilines is 1. The van der Waals surface area contributed by atoms with E-state index in [1.54, 1.807) is 32.2 Å². The van der Waals surface area contributed by atoms with Crippen molar-refractivity contribution < 1.29 is 18.4 Å². The average Bonchev–Trinajstić information content (AvgIpc) is 3.23. The van der Waals surface area contributed by atoms with Gasteiger partial charge in [-0.3, -0.25) is 14.5 Å². The molecule has 1 saturated heterocycles. The summed E-state index contributed by atoms with van der Waals surface area (Å²) in [6.45, 7) is 6.91. The van der Waals surface area contributed by atoms with Crippen LogP contribution in [0.2, 0.25) is 0 Å². The van der Waals surface area contributed by atoms with Crippen LogP contribution in [0.4, 0.5) is 10.1 Å². The van der Waals surface area contributed by atoms with Crippen LogP contribution in [-0.4, -0.2) is 55.5 Å². The van der Waals surface area contributed by atoms with Gasteiger partial charge in [-0.25, -0.2) is 4.39 Å². The fourth-order valence-electron chi connectivity index (χ4n) is 3.43. The number of hydrogen-bond acceptors (Lipinski definition) is 5. The van der Waals surface area contributed by atoms with Crippen LogP contribution in [0.5, 0.6) is 0 Å². The van der Waals surface area contributed by atoms with Gasteiger partial charge in [-0.15, -0.1) is 0 Å². The molecule has 0 radical (unpaired) electrons. The Hall–Kier alpha value is -2.87. The van der Waals surface area contributed by atoms with Gasteiger partial charge >= 0.3 is 11.8 Å². The number of rotatable bonds is 6. The molecule has 0 bridgehead atoms. The average molecular weight is 402 g/mol. The molecule has 3 rings (SSSR count). The summed E-state index contributed by atoms with van der Waals surface area (Å²) in [5.41, 5.74) is 0.985. The monoisotopic (exact) mass is 402 g/mol. The van der Waals surface area contributed by atoms with E-state index in [-0.39, 0.29) is 24.4 Å². The van der Waals surface area contributed by atoms with Crippen molar-refractivity contribution in [2.75, 3.05) is 37.6 Å². The van der Waals surface area contributed by atoms with Crippen molar-refractivity contribution in [1.82, 2.24) is 15.5 Å². The number of nitrogens with one attached hydrogen (secondary N) is 2. The van der Waals surface area contributed by atoms with E-state index in [4.69, 9.17) is 4.42 Å². The van der Waals surface area contributed by atoms with Crippen LogP contribution in [-0.2, 0) is 9.59 Å². The van der Waals surface area contributed by atoms with Gasteiger partial charge in [-0.1, -0.05) is 0 Å². The van der Waals surface area contributed by atoms with Crippen molar-refractivity contribution in [2.45, 2.75) is 25.9 Å². The van der Waals surface area contributed by atoms with Crippen molar-refractivity contribution in [3.63, 3.8) is 0 Å². The molecule has 1 unspecified atom stereocenters. The van der Waals surface area contributed by atoms with Crippen LogP contribution in [0.25, 0.3) is 0 Å². The Bertz CT molecular complexity index is 800. The Morgan fingerprint density at radius 3 is 2.34 bits per heavy atom. The first-order chi connectivity index (χ1) is 13.9. The molecule has 1 aromatic heterocycles. The van der Waals surface area contributed by atoms with Gasteiger partial charge in [0.1, 0.15) is 11.6 Å². The Morgan fingerprint density at radius 1 is 1.07 bits per heavy atom. The maximum Gasteiger partial charge on any atom is 0.309 e. The highest BCUT2D eigenvalue weighted by Crippen LogP contribution is 2.24. The lowest BCUT2D eigenvalue weighted by Crippen LogP contribution is -2.51. The third-order valence-electron chi connectivity index (χ3n) is 4.90. The minimum absolute atomic E-state index is 0.103. The number of amides is 2. The van der Waals surface area contributed by atoms with E-state index >= 15 is 0 Å². The fourth-order valence-corrected chi connectivity index (χ4v) is 3.43. The second-order valence-electron chi connectivity index (χ2n) is 7.37. The highest BCUT2D eigenvalue weighted by Gasteiger charge is 2.28. The SMILES string of the molecule is CC(C)NC(=O)C(=O)NCC(c1ccco1)N1CCN(c2ccc(F)cc2)CC1. The number of nitrogens with zero attached hydrogens (tertiary/aromatic N) is 2. The number of carbonyl (C=O) groups excluding carboxylic acids is 2. The molecule has 1 aliphatic rings. The molecule has 156 valence electrons. The van der Waals surface area contributed by atoms with Crippen LogP contribution in [0.3, 0.4) is 0 Å². The normalized spacial score (nSPS) is 15.9. The molecule has 1 atom stereocenters. The van der Waals surface area contributed by atoms with Crippen LogP contribution in [0.1, 0.15) is 25.6 Å². The molecule has 7 nitrogen and oxygen atoms in total. The summed E-state index contributed by atoms with van der Waals surface area (Å²) in [4.78, 5) is 28.4. The van der Waals surface area contributed by atoms with Crippen molar-refractivity contribution in [3.8, 4) is 0 Å². The van der Waals surface area contributed by atoms with Crippen molar-refractivity contribution >= 4 is 17.5 Å². The first kappa shape index (κ1) is 20.9. The Morgan fingerprint density at radius 2 is 1.76 bits per heavy atom. The van der Waals surface area contributed by atoms with Gasteiger partial charge in [0, 0.05) is 44.5 Å². The molecule has 0 aliphatic carbocycles. The van der Waals surface area contributed by atoms with E-state index in [2.05, 4.69) is 20.4 Å². The Labute approximate surface area is 169 Å². The van der Waals surface area contributed by atoms with Crippen LogP contribution in [0, 0.1) is 5.82 Å². The van der Waals surface area contributed by atoms with Gasteiger partial charge in [-0.05, 0) is 50.2 Å². The van der Waals surface area contributed by atoms with Gasteiger partial charge in [-0.2, -0.15) is 0 Å². The second kappa shape index (κ2) is 9.56. The molecule has 2 N–H and O–H groups in total. The third kappa shape index (κ3) is 5.57. The summed E-state index contributed by atoms with van der Waals surface area (Å²) in [5.74, 6) is -0.799. The first-order valence-corrected chi connectivity index (χ1v) is 9.80. The summed E-state index contributed by atoms with van der Waals surface area (Å²) in [7, 11) is 0. The van der Waals surface area contributed by atoms with Crippen molar-refractivity contribution in [1.29, 1.82) is 0 Å². The molecule has 2 heterocycles. The fraction of sp³-hybridized carbons (Fsp3) is 0.429. The topological polar surface area (TPSA) is 77.8 Å². The van der Waals surface area contributed by atoms with Gasteiger partial charge < -0.3 is 20.0 Å². The van der Waals surface area contributed by atoms with E-state index in [1.807, 2.05) is 12.1 Å². The third-order valence-corrected chi connectivity index (χ3v) is 4.90. The molecule has 1 aliphatic heterocycles. The van der Waals surface area contributed by atoms with Crippen LogP contribution in [0.15, 0.2) is 47.1 Å². The molecule has 1 fully saturated rings. The van der Waals surface area contributed by atoms with Gasteiger partial charge in [0.25, 0.3) is 0 Å². The molecule has 29 heavy (non-hydrogen) atoms. The zero-order chi connectivity index (χ0) is 20.8. The molecule has 2 aromatic rings. The lowest BCUT2D eigenvalue weighted by atomic mass is 10.1. The molecule has 2 amide bonds. The molecular weight excluding hydrogens is 375 g/mol. The molecule has 0 saturated carbocycles. The van der Waals surface area contributed by atoms with Crippen LogP contribution < -0.4 is 15.5 Å². The smallest absolute Gasteiger partial charge is 0.309 e. The number of hydrogen-bond donors (Lipinski definition) is 2. The molecule has 1 aromatic carbocycles. The quantitative estimate of drug-likeness (QED) is 0.722. The lowest BCUT2D eigenvalue weighted by molar-refractivity contribution is -0.139. The zero-order valence-electron chi connectivity index (χ0n) is 16.7. The number of piperazine rings is 1. The van der Waals surface area contributed by atoms with E-state index in [0.717, 1.165) is 37.6 Å². The number of furan rings is 1. The number of benzene rings is 1. The first-order valence-electron chi connectivity index (χ1n) is 9.80. The van der Waals surface area contributed by atoms with E-state index in [9.17, 15) is 14.0 Å². The Balaban J connectivity index is 1.60. The lowest BCUT2D eigenvalue weighted by Gasteiger charge is -2.39. The van der Waals surface area contributed by atoms with Gasteiger partial charge in [0.05, 0.1) is 12.3 Å². The summed E-state index contributed by atoms with van der Waals surface area (Å²) in [6, 6.07) is 9.90. The standard InChI is InChI=1S/C21H27FN4O3/c1-15(2)24-21(28)20(27)23-14-18(19-4-3-13-29-19)26-11-9-25(10-12-26)17-7-5-16(22)6-8-17/h3-8,13,15,18H,9-12,14H2,1-2H3,(H,23,27)(H,24,28). The van der Waals surface area contributed by atoms with Crippen molar-refractivity contribution in [2.24, 2.45) is 0 Å². The summed E-state index contributed by atoms with van der Waals surface area (Å²) in [6.07, 6.45) is 1.60. The highest BCUT2D eigenvalue weighted by atomic mass is 19.1. The zero-order valence-corrected chi connectivity index (χ0v) is 16.7. The highest BCUT2D eigenvalue weighted by molar-refractivity contribution is 6.35. The number of halogens is 1. The van der Waals surface area contributed by atoms with E-state index in [1.165, 1.54) is 12.1 Å². The summed E-state index contributed by atoms with van der Waals surface area (Å²) < 4.78 is 18.7. The second-order valence-corrected chi connectivity index (χ2v) is 7.37. The number of carbonyl (C=O) groups is 2. The molecule has 0 spiro atoms. The maximum atomic E-state index is 13.2. The molecule has 8 heteroatoms. The van der Waals surface area contributed by atoms with Crippen molar-refractivity contribution in [3.05, 3.63) is 54.2 Å². The predicted octanol–water partition coefficient (Wildman–Crippen LogP) is 1.92. The minimum Gasteiger partial charge on any atom is -0.468 e.